The molecule has 0 unspecified atom stereocenters. The maximum atomic E-state index is 11.3. The molecule has 2 aromatic rings. The van der Waals surface area contributed by atoms with Crippen LogP contribution in [0, 0.1) is 10.1 Å². The maximum Gasteiger partial charge on any atom is 0.349 e. The van der Waals surface area contributed by atoms with Crippen LogP contribution in [0.4, 0.5) is 5.69 Å². The third-order valence-electron chi connectivity index (χ3n) is 2.22. The second-order valence-corrected chi connectivity index (χ2v) is 4.36. The van der Waals surface area contributed by atoms with Crippen LogP contribution in [-0.4, -0.2) is 23.0 Å². The summed E-state index contributed by atoms with van der Waals surface area (Å²) in [5, 5.41) is 11.1. The molecule has 0 atom stereocenters. The summed E-state index contributed by atoms with van der Waals surface area (Å²) in [6, 6.07) is 5.99. The van der Waals surface area contributed by atoms with Crippen LogP contribution in [0.2, 0.25) is 0 Å². The maximum absolute atomic E-state index is 11.3. The molecule has 0 fully saturated rings. The van der Waals surface area contributed by atoms with E-state index in [0.29, 0.717) is 9.88 Å². The van der Waals surface area contributed by atoms with Gasteiger partial charge in [-0.1, -0.05) is 0 Å². The molecule has 0 radical (unpaired) electrons. The van der Waals surface area contributed by atoms with Gasteiger partial charge in [0, 0.05) is 17.7 Å². The summed E-state index contributed by atoms with van der Waals surface area (Å²) in [6.45, 7) is 0. The molecule has 2 rings (SSSR count). The number of thiazole rings is 1. The zero-order valence-corrected chi connectivity index (χ0v) is 10.1. The van der Waals surface area contributed by atoms with E-state index < -0.39 is 10.9 Å². The van der Waals surface area contributed by atoms with Crippen LogP contribution >= 0.6 is 11.3 Å². The highest BCUT2D eigenvalue weighted by Crippen LogP contribution is 2.27. The minimum atomic E-state index is -0.467. The molecular weight excluding hydrogens is 256 g/mol. The zero-order chi connectivity index (χ0) is 13.1. The first-order chi connectivity index (χ1) is 8.61. The molecular formula is C11H8N2O4S. The molecule has 0 bridgehead atoms. The van der Waals surface area contributed by atoms with Gasteiger partial charge in [0.05, 0.1) is 18.2 Å². The van der Waals surface area contributed by atoms with Gasteiger partial charge in [0.1, 0.15) is 9.88 Å². The summed E-state index contributed by atoms with van der Waals surface area (Å²) >= 11 is 1.18. The van der Waals surface area contributed by atoms with Crippen LogP contribution in [-0.2, 0) is 4.74 Å². The fourth-order valence-electron chi connectivity index (χ4n) is 1.33. The van der Waals surface area contributed by atoms with Gasteiger partial charge in [-0.15, -0.1) is 11.3 Å². The Morgan fingerprint density at radius 3 is 2.61 bits per heavy atom. The minimum absolute atomic E-state index is 0.0171. The van der Waals surface area contributed by atoms with E-state index in [4.69, 9.17) is 0 Å². The van der Waals surface area contributed by atoms with Crippen LogP contribution in [0.15, 0.2) is 30.5 Å². The Morgan fingerprint density at radius 1 is 1.39 bits per heavy atom. The minimum Gasteiger partial charge on any atom is -0.465 e. The van der Waals surface area contributed by atoms with Crippen molar-refractivity contribution < 1.29 is 14.5 Å². The van der Waals surface area contributed by atoms with Gasteiger partial charge in [0.25, 0.3) is 5.69 Å². The van der Waals surface area contributed by atoms with Gasteiger partial charge < -0.3 is 4.74 Å². The van der Waals surface area contributed by atoms with Crippen LogP contribution in [0.25, 0.3) is 10.6 Å². The smallest absolute Gasteiger partial charge is 0.349 e. The first-order valence-electron chi connectivity index (χ1n) is 4.91. The Bertz CT molecular complexity index is 591. The second kappa shape index (κ2) is 4.92. The van der Waals surface area contributed by atoms with Gasteiger partial charge in [0.2, 0.25) is 0 Å². The normalized spacial score (nSPS) is 10.1. The number of methoxy groups -OCH3 is 1. The number of rotatable bonds is 3. The molecule has 1 aromatic carbocycles. The van der Waals surface area contributed by atoms with E-state index in [0.717, 1.165) is 5.56 Å². The van der Waals surface area contributed by atoms with Crippen molar-refractivity contribution in [2.45, 2.75) is 0 Å². The number of esters is 1. The quantitative estimate of drug-likeness (QED) is 0.483. The molecule has 92 valence electrons. The third-order valence-corrected chi connectivity index (χ3v) is 3.24. The predicted octanol–water partition coefficient (Wildman–Crippen LogP) is 2.50. The summed E-state index contributed by atoms with van der Waals surface area (Å²) in [5.41, 5.74) is 0.740. The number of carbonyl (C=O) groups excluding carboxylic acids is 1. The molecule has 6 nitrogen and oxygen atoms in total. The number of carbonyl (C=O) groups is 1. The van der Waals surface area contributed by atoms with E-state index in [-0.39, 0.29) is 5.69 Å². The Balaban J connectivity index is 2.29. The standard InChI is InChI=1S/C11H8N2O4S/c1-17-11(14)9-6-12-10(18-9)7-2-4-8(5-3-7)13(15)16/h2-6H,1H3. The fourth-order valence-corrected chi connectivity index (χ4v) is 2.17. The van der Waals surface area contributed by atoms with Crippen LogP contribution in [0.1, 0.15) is 9.67 Å². The highest BCUT2D eigenvalue weighted by Gasteiger charge is 2.12. The van der Waals surface area contributed by atoms with Gasteiger partial charge in [-0.2, -0.15) is 0 Å². The van der Waals surface area contributed by atoms with Gasteiger partial charge >= 0.3 is 5.97 Å². The van der Waals surface area contributed by atoms with Gasteiger partial charge in [-0.05, 0) is 12.1 Å². The summed E-state index contributed by atoms with van der Waals surface area (Å²) in [6.07, 6.45) is 1.42. The molecule has 1 heterocycles. The van der Waals surface area contributed by atoms with E-state index in [1.54, 1.807) is 12.1 Å². The Hall–Kier alpha value is -2.28. The van der Waals surface area contributed by atoms with Crippen molar-refractivity contribution in [2.24, 2.45) is 0 Å². The fraction of sp³-hybridized carbons (Fsp3) is 0.0909. The zero-order valence-electron chi connectivity index (χ0n) is 9.32. The molecule has 0 N–H and O–H groups in total. The largest absolute Gasteiger partial charge is 0.465 e. The molecule has 0 saturated carbocycles. The lowest BCUT2D eigenvalue weighted by Crippen LogP contribution is -1.96. The number of nitrogens with zero attached hydrogens (tertiary/aromatic N) is 2. The lowest BCUT2D eigenvalue weighted by atomic mass is 10.2. The van der Waals surface area contributed by atoms with Crippen LogP contribution < -0.4 is 0 Å². The molecule has 7 heteroatoms. The number of benzene rings is 1. The van der Waals surface area contributed by atoms with Gasteiger partial charge in [-0.3, -0.25) is 10.1 Å². The lowest BCUT2D eigenvalue weighted by molar-refractivity contribution is -0.384. The molecule has 0 amide bonds. The van der Waals surface area contributed by atoms with Crippen molar-refractivity contribution in [3.63, 3.8) is 0 Å². The van der Waals surface area contributed by atoms with Crippen molar-refractivity contribution in [3.05, 3.63) is 45.5 Å². The van der Waals surface area contributed by atoms with E-state index in [2.05, 4.69) is 9.72 Å². The first-order valence-corrected chi connectivity index (χ1v) is 5.72. The number of hydrogen-bond acceptors (Lipinski definition) is 6. The summed E-state index contributed by atoms with van der Waals surface area (Å²) < 4.78 is 4.58. The molecule has 0 aliphatic heterocycles. The number of aromatic nitrogens is 1. The third kappa shape index (κ3) is 2.35. The molecule has 0 spiro atoms. The van der Waals surface area contributed by atoms with Crippen molar-refractivity contribution in [1.29, 1.82) is 0 Å². The number of nitro benzene ring substituents is 1. The molecule has 18 heavy (non-hydrogen) atoms. The predicted molar refractivity (Wildman–Crippen MR) is 65.5 cm³/mol. The van der Waals surface area contributed by atoms with Crippen molar-refractivity contribution in [3.8, 4) is 10.6 Å². The summed E-state index contributed by atoms with van der Waals surface area (Å²) in [5.74, 6) is -0.444. The number of ether oxygens (including phenoxy) is 1. The average molecular weight is 264 g/mol. The Labute approximate surface area is 106 Å². The van der Waals surface area contributed by atoms with Crippen molar-refractivity contribution >= 4 is 23.0 Å². The van der Waals surface area contributed by atoms with E-state index in [1.165, 1.54) is 36.8 Å². The second-order valence-electron chi connectivity index (χ2n) is 3.33. The number of non-ortho nitro benzene ring substituents is 1. The monoisotopic (exact) mass is 264 g/mol. The SMILES string of the molecule is COC(=O)c1cnc(-c2ccc([N+](=O)[O-])cc2)s1. The Morgan fingerprint density at radius 2 is 2.06 bits per heavy atom. The lowest BCUT2D eigenvalue weighted by Gasteiger charge is -1.95. The highest BCUT2D eigenvalue weighted by molar-refractivity contribution is 7.16. The highest BCUT2D eigenvalue weighted by atomic mass is 32.1. The molecule has 1 aromatic heterocycles. The first kappa shape index (κ1) is 12.2. The van der Waals surface area contributed by atoms with E-state index in [9.17, 15) is 14.9 Å². The molecule has 0 saturated heterocycles. The van der Waals surface area contributed by atoms with Crippen molar-refractivity contribution in [2.75, 3.05) is 7.11 Å². The number of hydrogen-bond donors (Lipinski definition) is 0. The van der Waals surface area contributed by atoms with Crippen LogP contribution in [0.3, 0.4) is 0 Å². The average Bonchev–Trinajstić information content (AvgIpc) is 2.87. The summed E-state index contributed by atoms with van der Waals surface area (Å²) in [7, 11) is 1.30. The molecule has 0 aliphatic rings. The molecule has 0 aliphatic carbocycles. The number of nitro groups is 1. The van der Waals surface area contributed by atoms with E-state index >= 15 is 0 Å². The van der Waals surface area contributed by atoms with Crippen molar-refractivity contribution in [1.82, 2.24) is 4.98 Å². The Kier molecular flexibility index (Phi) is 3.33. The van der Waals surface area contributed by atoms with Crippen LogP contribution in [0.5, 0.6) is 0 Å². The van der Waals surface area contributed by atoms with E-state index in [1.807, 2.05) is 0 Å². The topological polar surface area (TPSA) is 82.3 Å². The summed E-state index contributed by atoms with van der Waals surface area (Å²) in [4.78, 5) is 25.8. The van der Waals surface area contributed by atoms with Gasteiger partial charge in [-0.25, -0.2) is 9.78 Å². The van der Waals surface area contributed by atoms with Gasteiger partial charge in [0.15, 0.2) is 0 Å².